The van der Waals surface area contributed by atoms with Crippen molar-refractivity contribution in [3.8, 4) is 0 Å². The smallest absolute Gasteiger partial charge is 0.341 e. The summed E-state index contributed by atoms with van der Waals surface area (Å²) in [7, 11) is 0. The number of rotatable bonds is 2. The number of piperidine rings is 1. The fourth-order valence-corrected chi connectivity index (χ4v) is 4.86. The lowest BCUT2D eigenvalue weighted by Gasteiger charge is -2.42. The highest BCUT2D eigenvalue weighted by Crippen LogP contribution is 2.39. The Morgan fingerprint density at radius 2 is 1.86 bits per heavy atom. The van der Waals surface area contributed by atoms with E-state index in [9.17, 15) is 19.8 Å². The van der Waals surface area contributed by atoms with Crippen LogP contribution in [0.4, 0.5) is 10.1 Å². The van der Waals surface area contributed by atoms with E-state index >= 15 is 4.39 Å². The third-order valence-corrected chi connectivity index (χ3v) is 6.36. The van der Waals surface area contributed by atoms with Crippen molar-refractivity contribution in [1.29, 1.82) is 0 Å². The molecule has 0 spiro atoms. The van der Waals surface area contributed by atoms with Gasteiger partial charge in [-0.2, -0.15) is 0 Å². The Kier molecular flexibility index (Phi) is 4.45. The lowest BCUT2D eigenvalue weighted by atomic mass is 9.86. The molecule has 3 heterocycles. The number of nitrogens with zero attached hydrogens (tertiary/aromatic N) is 2. The molecule has 0 radical (unpaired) electrons. The summed E-state index contributed by atoms with van der Waals surface area (Å²) >= 11 is 0. The van der Waals surface area contributed by atoms with Gasteiger partial charge in [-0.05, 0) is 37.7 Å². The highest BCUT2D eigenvalue weighted by molar-refractivity contribution is 5.95. The number of aliphatic hydroxyl groups is 1. The summed E-state index contributed by atoms with van der Waals surface area (Å²) in [6.07, 6.45) is 2.33. The topological polar surface area (TPSA) is 82.8 Å². The molecular formula is C21H25FN2O4. The maximum absolute atomic E-state index is 15.3. The first-order valence-electron chi connectivity index (χ1n) is 9.77. The molecule has 1 fully saturated rings. The zero-order chi connectivity index (χ0) is 20.3. The number of aromatic nitrogens is 1. The van der Waals surface area contributed by atoms with Crippen molar-refractivity contribution in [3.05, 3.63) is 39.4 Å². The van der Waals surface area contributed by atoms with E-state index in [1.54, 1.807) is 0 Å². The molecule has 2 aromatic rings. The fraction of sp³-hybridized carbons (Fsp3) is 0.524. The third-order valence-electron chi connectivity index (χ3n) is 6.36. The average Bonchev–Trinajstić information content (AvgIpc) is 2.63. The first kappa shape index (κ1) is 18.9. The minimum absolute atomic E-state index is 0.00476. The van der Waals surface area contributed by atoms with E-state index in [1.807, 2.05) is 30.2 Å². The van der Waals surface area contributed by atoms with Crippen LogP contribution in [0.1, 0.15) is 49.2 Å². The number of carbonyl (C=O) groups is 1. The van der Waals surface area contributed by atoms with Crippen LogP contribution in [0.2, 0.25) is 0 Å². The summed E-state index contributed by atoms with van der Waals surface area (Å²) in [5.41, 5.74) is 0.911. The SMILES string of the molecule is C[C@H]1CN(c2c(F)cc3c(=O)c(C(=O)O)cn4c3c2CC[C@@H]4C)C[C@H](C)C1O. The number of anilines is 1. The number of hydrogen-bond donors (Lipinski definition) is 2. The van der Waals surface area contributed by atoms with Crippen LogP contribution < -0.4 is 10.3 Å². The predicted octanol–water partition coefficient (Wildman–Crippen LogP) is 2.80. The maximum Gasteiger partial charge on any atom is 0.341 e. The Labute approximate surface area is 162 Å². The van der Waals surface area contributed by atoms with E-state index in [4.69, 9.17) is 0 Å². The lowest BCUT2D eigenvalue weighted by molar-refractivity contribution is 0.0527. The van der Waals surface area contributed by atoms with Gasteiger partial charge >= 0.3 is 5.97 Å². The molecule has 2 aliphatic rings. The Bertz CT molecular complexity index is 1020. The molecule has 1 aromatic carbocycles. The highest BCUT2D eigenvalue weighted by Gasteiger charge is 2.34. The Hall–Kier alpha value is -2.41. The van der Waals surface area contributed by atoms with Crippen LogP contribution in [-0.2, 0) is 6.42 Å². The molecule has 0 bridgehead atoms. The first-order valence-corrected chi connectivity index (χ1v) is 9.77. The second kappa shape index (κ2) is 6.58. The van der Waals surface area contributed by atoms with Crippen LogP contribution in [0.5, 0.6) is 0 Å². The van der Waals surface area contributed by atoms with Gasteiger partial charge in [0.1, 0.15) is 11.4 Å². The number of benzene rings is 1. The van der Waals surface area contributed by atoms with Crippen molar-refractivity contribution in [1.82, 2.24) is 4.57 Å². The van der Waals surface area contributed by atoms with Crippen molar-refractivity contribution in [2.75, 3.05) is 18.0 Å². The molecule has 28 heavy (non-hydrogen) atoms. The normalized spacial score (nSPS) is 25.3. The molecule has 1 saturated heterocycles. The van der Waals surface area contributed by atoms with Gasteiger partial charge in [0.15, 0.2) is 0 Å². The molecule has 6 nitrogen and oxygen atoms in total. The second-order valence-electron chi connectivity index (χ2n) is 8.40. The van der Waals surface area contributed by atoms with Gasteiger partial charge < -0.3 is 19.7 Å². The quantitative estimate of drug-likeness (QED) is 0.827. The van der Waals surface area contributed by atoms with Crippen molar-refractivity contribution >= 4 is 22.6 Å². The van der Waals surface area contributed by atoms with Crippen molar-refractivity contribution in [3.63, 3.8) is 0 Å². The largest absolute Gasteiger partial charge is 0.477 e. The average molecular weight is 388 g/mol. The highest BCUT2D eigenvalue weighted by atomic mass is 19.1. The van der Waals surface area contributed by atoms with Crippen LogP contribution >= 0.6 is 0 Å². The fourth-order valence-electron chi connectivity index (χ4n) is 4.86. The van der Waals surface area contributed by atoms with E-state index in [2.05, 4.69) is 0 Å². The molecule has 0 saturated carbocycles. The van der Waals surface area contributed by atoms with Gasteiger partial charge in [-0.15, -0.1) is 0 Å². The molecule has 0 aliphatic carbocycles. The molecule has 4 rings (SSSR count). The number of hydrogen-bond acceptors (Lipinski definition) is 4. The summed E-state index contributed by atoms with van der Waals surface area (Å²) in [4.78, 5) is 26.2. The van der Waals surface area contributed by atoms with Gasteiger partial charge in [-0.1, -0.05) is 13.8 Å². The first-order chi connectivity index (χ1) is 13.2. The Morgan fingerprint density at radius 3 is 2.46 bits per heavy atom. The molecule has 7 heteroatoms. The maximum atomic E-state index is 15.3. The molecule has 150 valence electrons. The molecule has 0 unspecified atom stereocenters. The van der Waals surface area contributed by atoms with Crippen molar-refractivity contribution in [2.45, 2.75) is 45.8 Å². The zero-order valence-corrected chi connectivity index (χ0v) is 16.3. The van der Waals surface area contributed by atoms with Gasteiger partial charge in [0.25, 0.3) is 0 Å². The van der Waals surface area contributed by atoms with Gasteiger partial charge in [0.05, 0.1) is 17.3 Å². The standard InChI is InChI=1S/C21H25FN2O4/c1-10-7-23(8-11(2)19(10)25)18-13-5-4-12(3)24-9-15(21(27)28)20(26)14(17(13)24)6-16(18)22/h6,9-12,19,25H,4-5,7-8H2,1-3H3,(H,27,28)/t10-,11-,12-/m0/s1. The monoisotopic (exact) mass is 388 g/mol. The van der Waals surface area contributed by atoms with Crippen LogP contribution in [-0.4, -0.2) is 39.9 Å². The van der Waals surface area contributed by atoms with Gasteiger partial charge in [-0.25, -0.2) is 9.18 Å². The molecule has 1 aromatic heterocycles. The number of halogens is 1. The van der Waals surface area contributed by atoms with Gasteiger partial charge in [-0.3, -0.25) is 4.79 Å². The van der Waals surface area contributed by atoms with Crippen molar-refractivity contribution < 1.29 is 19.4 Å². The summed E-state index contributed by atoms with van der Waals surface area (Å²) < 4.78 is 17.1. The number of carboxylic acid groups (broad SMARTS) is 1. The van der Waals surface area contributed by atoms with E-state index < -0.39 is 23.3 Å². The van der Waals surface area contributed by atoms with Crippen LogP contribution in [0.3, 0.4) is 0 Å². The summed E-state index contributed by atoms with van der Waals surface area (Å²) in [6.45, 7) is 6.95. The number of aromatic carboxylic acids is 1. The number of pyridine rings is 1. The predicted molar refractivity (Wildman–Crippen MR) is 105 cm³/mol. The third kappa shape index (κ3) is 2.71. The molecule has 2 aliphatic heterocycles. The van der Waals surface area contributed by atoms with Crippen LogP contribution in [0, 0.1) is 17.7 Å². The Morgan fingerprint density at radius 1 is 1.21 bits per heavy atom. The van der Waals surface area contributed by atoms with E-state index in [0.717, 1.165) is 12.0 Å². The Balaban J connectivity index is 1.99. The molecule has 2 N–H and O–H groups in total. The summed E-state index contributed by atoms with van der Waals surface area (Å²) in [6, 6.07) is 1.21. The summed E-state index contributed by atoms with van der Waals surface area (Å²) in [5.74, 6) is -1.79. The van der Waals surface area contributed by atoms with Crippen LogP contribution in [0.15, 0.2) is 17.1 Å². The lowest BCUT2D eigenvalue weighted by Crippen LogP contribution is -2.48. The number of aliphatic hydroxyl groups excluding tert-OH is 1. The zero-order valence-electron chi connectivity index (χ0n) is 16.3. The van der Waals surface area contributed by atoms with Gasteiger partial charge in [0, 0.05) is 36.3 Å². The molecule has 3 atom stereocenters. The minimum atomic E-state index is -1.30. The van der Waals surface area contributed by atoms with E-state index in [0.29, 0.717) is 30.7 Å². The van der Waals surface area contributed by atoms with Gasteiger partial charge in [0.2, 0.25) is 5.43 Å². The molecular weight excluding hydrogens is 363 g/mol. The van der Waals surface area contributed by atoms with Crippen molar-refractivity contribution in [2.24, 2.45) is 11.8 Å². The van der Waals surface area contributed by atoms with E-state index in [1.165, 1.54) is 12.3 Å². The number of aryl methyl sites for hydroxylation is 1. The minimum Gasteiger partial charge on any atom is -0.477 e. The second-order valence-corrected chi connectivity index (χ2v) is 8.40. The number of carboxylic acids is 1. The molecule has 0 amide bonds. The van der Waals surface area contributed by atoms with E-state index in [-0.39, 0.29) is 28.8 Å². The summed E-state index contributed by atoms with van der Waals surface area (Å²) in [5, 5.41) is 19.8. The van der Waals surface area contributed by atoms with Crippen LogP contribution in [0.25, 0.3) is 10.9 Å².